The number of carbonyl (C=O) groups is 2. The third-order valence-corrected chi connectivity index (χ3v) is 5.13. The molecule has 1 atom stereocenters. The number of carbonyl (C=O) groups excluding carboxylic acids is 1. The number of benzene rings is 1. The smallest absolute Gasteiger partial charge is 0.321 e. The van der Waals surface area contributed by atoms with Gasteiger partial charge in [-0.25, -0.2) is 8.42 Å². The van der Waals surface area contributed by atoms with E-state index in [1.165, 1.54) is 25.3 Å². The lowest BCUT2D eigenvalue weighted by Crippen LogP contribution is -2.41. The van der Waals surface area contributed by atoms with Gasteiger partial charge in [-0.05, 0) is 30.5 Å². The van der Waals surface area contributed by atoms with Crippen molar-refractivity contribution in [2.24, 2.45) is 5.92 Å². The van der Waals surface area contributed by atoms with Gasteiger partial charge >= 0.3 is 5.97 Å². The van der Waals surface area contributed by atoms with Crippen molar-refractivity contribution in [3.63, 3.8) is 0 Å². The van der Waals surface area contributed by atoms with Crippen LogP contribution in [0.5, 0.6) is 5.75 Å². The Morgan fingerprint density at radius 3 is 2.42 bits per heavy atom. The number of sulfonamides is 1. The van der Waals surface area contributed by atoms with E-state index in [0.29, 0.717) is 17.7 Å². The van der Waals surface area contributed by atoms with Crippen LogP contribution in [0.3, 0.4) is 0 Å². The van der Waals surface area contributed by atoms with Crippen molar-refractivity contribution in [3.05, 3.63) is 23.8 Å². The summed E-state index contributed by atoms with van der Waals surface area (Å²) in [4.78, 5) is 22.7. The van der Waals surface area contributed by atoms with Gasteiger partial charge in [-0.3, -0.25) is 9.59 Å². The normalized spacial score (nSPS) is 12.7. The second-order valence-electron chi connectivity index (χ2n) is 6.25. The third kappa shape index (κ3) is 6.30. The lowest BCUT2D eigenvalue weighted by molar-refractivity contribution is -0.139. The van der Waals surface area contributed by atoms with Gasteiger partial charge in [0.1, 0.15) is 11.8 Å². The predicted molar refractivity (Wildman–Crippen MR) is 96.3 cm³/mol. The molecule has 1 aromatic rings. The standard InChI is InChI=1S/C17H26N2O6S/c1-5-16(20)18-10-12-9-13(6-7-15(12)25-4)26(23,24)19-14(17(21)22)8-11(2)3/h6-7,9,11,14,19H,5,8,10H2,1-4H3,(H,18,20)(H,21,22). The molecule has 0 fully saturated rings. The fourth-order valence-corrected chi connectivity index (χ4v) is 3.56. The number of aliphatic carboxylic acids is 1. The van der Waals surface area contributed by atoms with Gasteiger partial charge in [0.15, 0.2) is 0 Å². The van der Waals surface area contributed by atoms with Crippen LogP contribution in [0.2, 0.25) is 0 Å². The van der Waals surface area contributed by atoms with Crippen molar-refractivity contribution in [2.45, 2.75) is 51.1 Å². The van der Waals surface area contributed by atoms with Gasteiger partial charge in [-0.2, -0.15) is 4.72 Å². The third-order valence-electron chi connectivity index (χ3n) is 3.66. The van der Waals surface area contributed by atoms with E-state index in [1.807, 2.05) is 13.8 Å². The zero-order chi connectivity index (χ0) is 19.9. The van der Waals surface area contributed by atoms with Crippen LogP contribution in [0, 0.1) is 5.92 Å². The molecule has 1 aromatic carbocycles. The molecule has 0 saturated heterocycles. The first-order chi connectivity index (χ1) is 12.1. The molecule has 0 bridgehead atoms. The monoisotopic (exact) mass is 386 g/mol. The second kappa shape index (κ2) is 9.54. The molecule has 0 radical (unpaired) electrons. The van der Waals surface area contributed by atoms with Gasteiger partial charge in [-0.1, -0.05) is 20.8 Å². The molecule has 0 aliphatic heterocycles. The molecule has 9 heteroatoms. The van der Waals surface area contributed by atoms with Crippen molar-refractivity contribution < 1.29 is 27.9 Å². The highest BCUT2D eigenvalue weighted by Gasteiger charge is 2.26. The summed E-state index contributed by atoms with van der Waals surface area (Å²) in [6, 6.07) is 2.96. The molecule has 146 valence electrons. The van der Waals surface area contributed by atoms with Crippen molar-refractivity contribution in [1.82, 2.24) is 10.0 Å². The van der Waals surface area contributed by atoms with Crippen LogP contribution in [0.15, 0.2) is 23.1 Å². The Morgan fingerprint density at radius 1 is 1.27 bits per heavy atom. The molecule has 1 unspecified atom stereocenters. The van der Waals surface area contributed by atoms with E-state index in [-0.39, 0.29) is 29.7 Å². The van der Waals surface area contributed by atoms with Crippen LogP contribution in [-0.4, -0.2) is 38.6 Å². The topological polar surface area (TPSA) is 122 Å². The summed E-state index contributed by atoms with van der Waals surface area (Å²) in [7, 11) is -2.60. The van der Waals surface area contributed by atoms with Crippen molar-refractivity contribution in [2.75, 3.05) is 7.11 Å². The van der Waals surface area contributed by atoms with E-state index in [4.69, 9.17) is 4.74 Å². The maximum Gasteiger partial charge on any atom is 0.321 e. The lowest BCUT2D eigenvalue weighted by atomic mass is 10.1. The van der Waals surface area contributed by atoms with E-state index < -0.39 is 22.0 Å². The Kier molecular flexibility index (Phi) is 8.04. The summed E-state index contributed by atoms with van der Waals surface area (Å²) in [6.07, 6.45) is 0.474. The summed E-state index contributed by atoms with van der Waals surface area (Å²) in [6.45, 7) is 5.43. The number of methoxy groups -OCH3 is 1. The van der Waals surface area contributed by atoms with E-state index in [1.54, 1.807) is 6.92 Å². The minimum absolute atomic E-state index is 0.00878. The van der Waals surface area contributed by atoms with Crippen LogP contribution < -0.4 is 14.8 Å². The van der Waals surface area contributed by atoms with E-state index in [0.717, 1.165) is 0 Å². The number of amides is 1. The number of carboxylic acids is 1. The zero-order valence-corrected chi connectivity index (χ0v) is 16.2. The minimum Gasteiger partial charge on any atom is -0.496 e. The summed E-state index contributed by atoms with van der Waals surface area (Å²) >= 11 is 0. The molecule has 0 heterocycles. The highest BCUT2D eigenvalue weighted by molar-refractivity contribution is 7.89. The number of ether oxygens (including phenoxy) is 1. The number of hydrogen-bond acceptors (Lipinski definition) is 5. The van der Waals surface area contributed by atoms with Crippen LogP contribution >= 0.6 is 0 Å². The first kappa shape index (κ1) is 21.9. The Labute approximate surface area is 154 Å². The van der Waals surface area contributed by atoms with E-state index in [2.05, 4.69) is 10.0 Å². The summed E-state index contributed by atoms with van der Waals surface area (Å²) < 4.78 is 32.6. The molecular weight excluding hydrogens is 360 g/mol. The number of rotatable bonds is 10. The predicted octanol–water partition coefficient (Wildman–Crippen LogP) is 1.50. The van der Waals surface area contributed by atoms with Gasteiger partial charge in [-0.15, -0.1) is 0 Å². The molecular formula is C17H26N2O6S. The average molecular weight is 386 g/mol. The molecule has 8 nitrogen and oxygen atoms in total. The number of nitrogens with one attached hydrogen (secondary N) is 2. The number of hydrogen-bond donors (Lipinski definition) is 3. The molecule has 0 saturated carbocycles. The quantitative estimate of drug-likeness (QED) is 0.560. The highest BCUT2D eigenvalue weighted by atomic mass is 32.2. The molecule has 0 spiro atoms. The molecule has 1 rings (SSSR count). The maximum absolute atomic E-state index is 12.6. The largest absolute Gasteiger partial charge is 0.496 e. The van der Waals surface area contributed by atoms with Crippen molar-refractivity contribution in [1.29, 1.82) is 0 Å². The summed E-state index contributed by atoms with van der Waals surface area (Å²) in [5.74, 6) is -0.973. The Bertz CT molecular complexity index is 746. The fourth-order valence-electron chi connectivity index (χ4n) is 2.31. The van der Waals surface area contributed by atoms with Crippen LogP contribution in [-0.2, 0) is 26.2 Å². The van der Waals surface area contributed by atoms with Gasteiger partial charge < -0.3 is 15.2 Å². The average Bonchev–Trinajstić information content (AvgIpc) is 2.57. The summed E-state index contributed by atoms with van der Waals surface area (Å²) in [5.41, 5.74) is 0.480. The number of carboxylic acid groups (broad SMARTS) is 1. The van der Waals surface area contributed by atoms with Gasteiger partial charge in [0.25, 0.3) is 0 Å². The van der Waals surface area contributed by atoms with Crippen LogP contribution in [0.4, 0.5) is 0 Å². The van der Waals surface area contributed by atoms with Gasteiger partial charge in [0.2, 0.25) is 15.9 Å². The van der Waals surface area contributed by atoms with Gasteiger partial charge in [0, 0.05) is 18.5 Å². The van der Waals surface area contributed by atoms with E-state index >= 15 is 0 Å². The highest BCUT2D eigenvalue weighted by Crippen LogP contribution is 2.23. The van der Waals surface area contributed by atoms with Crippen molar-refractivity contribution >= 4 is 21.9 Å². The maximum atomic E-state index is 12.6. The second-order valence-corrected chi connectivity index (χ2v) is 7.96. The molecule has 1 amide bonds. The molecule has 26 heavy (non-hydrogen) atoms. The summed E-state index contributed by atoms with van der Waals surface area (Å²) in [5, 5.41) is 11.9. The lowest BCUT2D eigenvalue weighted by Gasteiger charge is -2.17. The molecule has 0 aliphatic carbocycles. The van der Waals surface area contributed by atoms with Crippen LogP contribution in [0.25, 0.3) is 0 Å². The fraction of sp³-hybridized carbons (Fsp3) is 0.529. The zero-order valence-electron chi connectivity index (χ0n) is 15.4. The first-order valence-corrected chi connectivity index (χ1v) is 9.77. The Morgan fingerprint density at radius 2 is 1.92 bits per heavy atom. The van der Waals surface area contributed by atoms with Crippen molar-refractivity contribution in [3.8, 4) is 5.75 Å². The Balaban J connectivity index is 3.11. The SMILES string of the molecule is CCC(=O)NCc1cc(S(=O)(=O)NC(CC(C)C)C(=O)O)ccc1OC. The molecule has 0 aromatic heterocycles. The molecule has 3 N–H and O–H groups in total. The van der Waals surface area contributed by atoms with Gasteiger partial charge in [0.05, 0.1) is 12.0 Å². The minimum atomic E-state index is -4.04. The Hall–Kier alpha value is -2.13. The first-order valence-electron chi connectivity index (χ1n) is 8.29. The molecule has 0 aliphatic rings. The van der Waals surface area contributed by atoms with Crippen LogP contribution in [0.1, 0.15) is 39.2 Å². The van der Waals surface area contributed by atoms with E-state index in [9.17, 15) is 23.1 Å².